The van der Waals surface area contributed by atoms with E-state index in [1.807, 2.05) is 23.1 Å². The summed E-state index contributed by atoms with van der Waals surface area (Å²) in [5.74, 6) is 0.869. The highest BCUT2D eigenvalue weighted by atomic mass is 16.5. The molecule has 7 nitrogen and oxygen atoms in total. The van der Waals surface area contributed by atoms with E-state index in [1.165, 1.54) is 0 Å². The molecule has 0 aromatic heterocycles. The van der Waals surface area contributed by atoms with Crippen molar-refractivity contribution in [3.8, 4) is 5.75 Å². The van der Waals surface area contributed by atoms with Gasteiger partial charge in [0.05, 0.1) is 19.2 Å². The van der Waals surface area contributed by atoms with E-state index >= 15 is 0 Å². The third-order valence-corrected chi connectivity index (χ3v) is 7.05. The minimum absolute atomic E-state index is 0.00608. The van der Waals surface area contributed by atoms with Crippen molar-refractivity contribution in [2.45, 2.75) is 62.8 Å². The van der Waals surface area contributed by atoms with E-state index in [0.29, 0.717) is 32.5 Å². The summed E-state index contributed by atoms with van der Waals surface area (Å²) in [5.41, 5.74) is 0.598. The molecule has 3 amide bonds. The van der Waals surface area contributed by atoms with Gasteiger partial charge in [-0.1, -0.05) is 25.0 Å². The number of benzene rings is 1. The first kappa shape index (κ1) is 21.7. The van der Waals surface area contributed by atoms with Crippen molar-refractivity contribution < 1.29 is 19.1 Å². The van der Waals surface area contributed by atoms with Gasteiger partial charge in [0.25, 0.3) is 0 Å². The van der Waals surface area contributed by atoms with Crippen LogP contribution in [-0.4, -0.2) is 66.3 Å². The fourth-order valence-corrected chi connectivity index (χ4v) is 5.36. The second kappa shape index (κ2) is 9.28. The van der Waals surface area contributed by atoms with Gasteiger partial charge in [-0.3, -0.25) is 14.4 Å². The lowest BCUT2D eigenvalue weighted by Crippen LogP contribution is -2.53. The van der Waals surface area contributed by atoms with Crippen LogP contribution in [0.4, 0.5) is 0 Å². The molecule has 1 spiro atoms. The lowest BCUT2D eigenvalue weighted by Gasteiger charge is -2.35. The minimum Gasteiger partial charge on any atom is -0.497 e. The lowest BCUT2D eigenvalue weighted by molar-refractivity contribution is -0.139. The van der Waals surface area contributed by atoms with Gasteiger partial charge in [-0.15, -0.1) is 0 Å². The Morgan fingerprint density at radius 3 is 2.84 bits per heavy atom. The van der Waals surface area contributed by atoms with Crippen LogP contribution in [-0.2, 0) is 14.4 Å². The Morgan fingerprint density at radius 1 is 1.16 bits per heavy atom. The number of hydrogen-bond acceptors (Lipinski definition) is 4. The molecule has 0 saturated carbocycles. The fraction of sp³-hybridized carbons (Fsp3) is 0.625. The van der Waals surface area contributed by atoms with Gasteiger partial charge in [0.2, 0.25) is 17.7 Å². The average Bonchev–Trinajstić information content (AvgIpc) is 2.86. The Kier molecular flexibility index (Phi) is 6.49. The van der Waals surface area contributed by atoms with Crippen molar-refractivity contribution in [2.75, 3.05) is 33.3 Å². The van der Waals surface area contributed by atoms with E-state index in [9.17, 15) is 14.4 Å². The number of carbonyl (C=O) groups excluding carboxylic acids is 3. The normalized spacial score (nSPS) is 27.1. The molecule has 3 saturated heterocycles. The highest BCUT2D eigenvalue weighted by Gasteiger charge is 2.50. The first-order valence-electron chi connectivity index (χ1n) is 11.5. The molecule has 31 heavy (non-hydrogen) atoms. The quantitative estimate of drug-likeness (QED) is 0.801. The average molecular weight is 428 g/mol. The Labute approximate surface area is 184 Å². The molecule has 0 aliphatic carbocycles. The molecule has 0 unspecified atom stereocenters. The molecule has 3 heterocycles. The molecule has 0 radical (unpaired) electrons. The van der Waals surface area contributed by atoms with Crippen molar-refractivity contribution in [1.82, 2.24) is 15.1 Å². The Bertz CT molecular complexity index is 842. The predicted octanol–water partition coefficient (Wildman–Crippen LogP) is 2.45. The summed E-state index contributed by atoms with van der Waals surface area (Å²) in [4.78, 5) is 41.7. The molecule has 1 N–H and O–H groups in total. The number of nitrogens with one attached hydrogen (secondary N) is 1. The van der Waals surface area contributed by atoms with Gasteiger partial charge in [0.15, 0.2) is 0 Å². The van der Waals surface area contributed by atoms with Gasteiger partial charge in [0.1, 0.15) is 5.75 Å². The Morgan fingerprint density at radius 2 is 2.00 bits per heavy atom. The number of carbonyl (C=O) groups is 3. The van der Waals surface area contributed by atoms with Crippen LogP contribution in [0, 0.1) is 0 Å². The third-order valence-electron chi connectivity index (χ3n) is 7.05. The first-order chi connectivity index (χ1) is 15.0. The maximum atomic E-state index is 13.3. The van der Waals surface area contributed by atoms with Crippen LogP contribution in [0.2, 0.25) is 0 Å². The number of nitrogens with zero attached hydrogens (tertiary/aromatic N) is 2. The molecular formula is C24H33N3O4. The molecule has 0 bridgehead atoms. The number of methoxy groups -OCH3 is 1. The Balaban J connectivity index is 1.58. The summed E-state index contributed by atoms with van der Waals surface area (Å²) in [6.45, 7) is 1.81. The largest absolute Gasteiger partial charge is 0.497 e. The van der Waals surface area contributed by atoms with Gasteiger partial charge in [0, 0.05) is 38.4 Å². The summed E-state index contributed by atoms with van der Waals surface area (Å²) in [7, 11) is 1.64. The first-order valence-corrected chi connectivity index (χ1v) is 11.5. The molecule has 1 aromatic rings. The van der Waals surface area contributed by atoms with E-state index in [1.54, 1.807) is 12.0 Å². The van der Waals surface area contributed by atoms with Crippen LogP contribution in [0.5, 0.6) is 5.75 Å². The summed E-state index contributed by atoms with van der Waals surface area (Å²) in [6.07, 6.45) is 6.61. The molecule has 4 rings (SSSR count). The molecule has 3 fully saturated rings. The number of ether oxygens (including phenoxy) is 1. The molecule has 1 aromatic carbocycles. The molecular weight excluding hydrogens is 394 g/mol. The summed E-state index contributed by atoms with van der Waals surface area (Å²) in [6, 6.07) is 7.93. The summed E-state index contributed by atoms with van der Waals surface area (Å²) < 4.78 is 5.42. The summed E-state index contributed by atoms with van der Waals surface area (Å²) >= 11 is 0. The van der Waals surface area contributed by atoms with Crippen molar-refractivity contribution in [3.05, 3.63) is 29.8 Å². The lowest BCUT2D eigenvalue weighted by atomic mass is 9.79. The maximum absolute atomic E-state index is 13.3. The second-order valence-corrected chi connectivity index (χ2v) is 9.14. The third kappa shape index (κ3) is 4.70. The standard InChI is InChI=1S/C24H33N3O4/c1-31-19-9-7-8-18(14-19)20-15-27(17-24(20)12-5-4-10-21(28)25-24)23(30)16-26-13-6-2-3-11-22(26)29/h7-9,14,20H,2-6,10-13,15-17H2,1H3,(H,25,28)/t20-,24+/m0/s1. The SMILES string of the molecule is COc1cccc([C@@H]2CN(C(=O)CN3CCCCCC3=O)C[C@]23CCCCC(=O)N3)c1. The zero-order valence-corrected chi connectivity index (χ0v) is 18.4. The van der Waals surface area contributed by atoms with E-state index in [0.717, 1.165) is 49.8 Å². The zero-order chi connectivity index (χ0) is 21.8. The van der Waals surface area contributed by atoms with Crippen molar-refractivity contribution in [1.29, 1.82) is 0 Å². The van der Waals surface area contributed by atoms with Crippen LogP contribution >= 0.6 is 0 Å². The maximum Gasteiger partial charge on any atom is 0.242 e. The zero-order valence-electron chi connectivity index (χ0n) is 18.4. The number of amides is 3. The van der Waals surface area contributed by atoms with Crippen LogP contribution < -0.4 is 10.1 Å². The van der Waals surface area contributed by atoms with E-state index in [-0.39, 0.29) is 30.2 Å². The van der Waals surface area contributed by atoms with Crippen LogP contribution in [0.3, 0.4) is 0 Å². The number of hydrogen-bond donors (Lipinski definition) is 1. The molecule has 3 aliphatic heterocycles. The van der Waals surface area contributed by atoms with Gasteiger partial charge in [-0.2, -0.15) is 0 Å². The smallest absolute Gasteiger partial charge is 0.242 e. The molecule has 2 atom stereocenters. The monoisotopic (exact) mass is 427 g/mol. The van der Waals surface area contributed by atoms with Gasteiger partial charge >= 0.3 is 0 Å². The van der Waals surface area contributed by atoms with Crippen molar-refractivity contribution >= 4 is 17.7 Å². The second-order valence-electron chi connectivity index (χ2n) is 9.14. The van der Waals surface area contributed by atoms with E-state index in [4.69, 9.17) is 4.74 Å². The number of likely N-dealkylation sites (tertiary alicyclic amines) is 2. The topological polar surface area (TPSA) is 79.0 Å². The van der Waals surface area contributed by atoms with Crippen molar-refractivity contribution in [2.24, 2.45) is 0 Å². The van der Waals surface area contributed by atoms with Gasteiger partial charge in [-0.25, -0.2) is 0 Å². The number of rotatable bonds is 4. The van der Waals surface area contributed by atoms with Gasteiger partial charge < -0.3 is 19.9 Å². The summed E-state index contributed by atoms with van der Waals surface area (Å²) in [5, 5.41) is 3.29. The molecule has 7 heteroatoms. The highest BCUT2D eigenvalue weighted by Crippen LogP contribution is 2.41. The van der Waals surface area contributed by atoms with Crippen molar-refractivity contribution in [3.63, 3.8) is 0 Å². The van der Waals surface area contributed by atoms with E-state index < -0.39 is 5.54 Å². The van der Waals surface area contributed by atoms with Crippen LogP contribution in [0.15, 0.2) is 24.3 Å². The molecule has 168 valence electrons. The van der Waals surface area contributed by atoms with E-state index in [2.05, 4.69) is 11.4 Å². The minimum atomic E-state index is -0.474. The fourth-order valence-electron chi connectivity index (χ4n) is 5.36. The molecule has 3 aliphatic rings. The highest BCUT2D eigenvalue weighted by molar-refractivity contribution is 5.85. The van der Waals surface area contributed by atoms with Gasteiger partial charge in [-0.05, 0) is 43.4 Å². The van der Waals surface area contributed by atoms with Crippen LogP contribution in [0.25, 0.3) is 0 Å². The van der Waals surface area contributed by atoms with Crippen LogP contribution in [0.1, 0.15) is 62.8 Å². The Hall–Kier alpha value is -2.57. The predicted molar refractivity (Wildman–Crippen MR) is 117 cm³/mol.